The van der Waals surface area contributed by atoms with Gasteiger partial charge in [0.2, 0.25) is 5.91 Å². The molecule has 0 aliphatic carbocycles. The van der Waals surface area contributed by atoms with Gasteiger partial charge in [-0.3, -0.25) is 9.59 Å². The summed E-state index contributed by atoms with van der Waals surface area (Å²) in [5, 5.41) is 3.33. The van der Waals surface area contributed by atoms with Crippen molar-refractivity contribution in [3.05, 3.63) is 33.6 Å². The summed E-state index contributed by atoms with van der Waals surface area (Å²) in [5.41, 5.74) is 0.733. The maximum atomic E-state index is 12.8. The Hall–Kier alpha value is -2.68. The molecule has 0 saturated carbocycles. The molecular formula is C18H21N3O5S. The molecule has 0 bridgehead atoms. The lowest BCUT2D eigenvalue weighted by Crippen LogP contribution is -2.33. The third-order valence-corrected chi connectivity index (χ3v) is 5.33. The van der Waals surface area contributed by atoms with Crippen molar-refractivity contribution in [1.82, 2.24) is 9.55 Å². The second-order valence-corrected chi connectivity index (χ2v) is 6.75. The molecule has 0 spiro atoms. The van der Waals surface area contributed by atoms with Gasteiger partial charge in [-0.15, -0.1) is 0 Å². The first kappa shape index (κ1) is 19.1. The molecule has 2 aromatic rings. The summed E-state index contributed by atoms with van der Waals surface area (Å²) in [6.07, 6.45) is 1.93. The second kappa shape index (κ2) is 7.51. The molecule has 27 heavy (non-hydrogen) atoms. The fourth-order valence-corrected chi connectivity index (χ4v) is 3.85. The molecule has 0 fully saturated rings. The number of nitrogens with one attached hydrogen (secondary N) is 1. The molecule has 1 atom stereocenters. The van der Waals surface area contributed by atoms with E-state index in [0.717, 1.165) is 0 Å². The third-order valence-electron chi connectivity index (χ3n) is 4.59. The maximum absolute atomic E-state index is 12.8. The molecule has 144 valence electrons. The second-order valence-electron chi connectivity index (χ2n) is 5.98. The Bertz CT molecular complexity index is 957. The number of aromatic nitrogens is 2. The Morgan fingerprint density at radius 2 is 1.74 bits per heavy atom. The molecule has 1 aromatic carbocycles. The molecule has 1 N–H and O–H groups in total. The van der Waals surface area contributed by atoms with Crippen molar-refractivity contribution >= 4 is 23.5 Å². The van der Waals surface area contributed by atoms with Crippen molar-refractivity contribution in [3.63, 3.8) is 0 Å². The van der Waals surface area contributed by atoms with Gasteiger partial charge in [-0.1, -0.05) is 11.8 Å². The summed E-state index contributed by atoms with van der Waals surface area (Å²) in [6, 6.07) is 3.43. The van der Waals surface area contributed by atoms with Crippen LogP contribution in [0.3, 0.4) is 0 Å². The zero-order valence-electron chi connectivity index (χ0n) is 15.8. The van der Waals surface area contributed by atoms with Gasteiger partial charge in [0.05, 0.1) is 26.9 Å². The highest BCUT2D eigenvalue weighted by Gasteiger charge is 2.34. The summed E-state index contributed by atoms with van der Waals surface area (Å²) < 4.78 is 17.9. The summed E-state index contributed by atoms with van der Waals surface area (Å²) in [5.74, 6) is 1.27. The van der Waals surface area contributed by atoms with Crippen LogP contribution in [-0.2, 0) is 11.8 Å². The average molecular weight is 391 g/mol. The highest BCUT2D eigenvalue weighted by Crippen LogP contribution is 2.44. The van der Waals surface area contributed by atoms with Gasteiger partial charge in [-0.2, -0.15) is 4.98 Å². The minimum atomic E-state index is -0.509. The Kier molecular flexibility index (Phi) is 5.31. The van der Waals surface area contributed by atoms with Gasteiger partial charge in [0.1, 0.15) is 11.6 Å². The molecule has 2 heterocycles. The van der Waals surface area contributed by atoms with Gasteiger partial charge >= 0.3 is 0 Å². The van der Waals surface area contributed by atoms with Crippen LogP contribution in [0.25, 0.3) is 0 Å². The maximum Gasteiger partial charge on any atom is 0.279 e. The Morgan fingerprint density at radius 1 is 1.11 bits per heavy atom. The first-order valence-corrected chi connectivity index (χ1v) is 9.42. The summed E-state index contributed by atoms with van der Waals surface area (Å²) in [7, 11) is 6.36. The number of nitrogens with zero attached hydrogens (tertiary/aromatic N) is 2. The van der Waals surface area contributed by atoms with Crippen molar-refractivity contribution in [2.24, 2.45) is 7.05 Å². The normalized spacial score (nSPS) is 15.7. The Labute approximate surface area is 160 Å². The first-order chi connectivity index (χ1) is 12.9. The minimum Gasteiger partial charge on any atom is -0.496 e. The summed E-state index contributed by atoms with van der Waals surface area (Å²) >= 11 is 1.34. The number of fused-ring (bicyclic) bond motifs is 1. The van der Waals surface area contributed by atoms with E-state index in [4.69, 9.17) is 14.2 Å². The van der Waals surface area contributed by atoms with E-state index >= 15 is 0 Å². The number of hydrogen-bond acceptors (Lipinski definition) is 7. The summed E-state index contributed by atoms with van der Waals surface area (Å²) in [6.45, 7) is 0. The first-order valence-electron chi connectivity index (χ1n) is 8.19. The molecule has 3 rings (SSSR count). The predicted molar refractivity (Wildman–Crippen MR) is 102 cm³/mol. The van der Waals surface area contributed by atoms with E-state index in [1.165, 1.54) is 33.1 Å². The minimum absolute atomic E-state index is 0.106. The zero-order valence-corrected chi connectivity index (χ0v) is 16.6. The van der Waals surface area contributed by atoms with Crippen LogP contribution < -0.4 is 25.1 Å². The predicted octanol–water partition coefficient (Wildman–Crippen LogP) is 2.00. The molecule has 8 nitrogen and oxygen atoms in total. The van der Waals surface area contributed by atoms with Gasteiger partial charge < -0.3 is 24.1 Å². The van der Waals surface area contributed by atoms with Crippen LogP contribution in [0.1, 0.15) is 23.5 Å². The standard InChI is InChI=1S/C18H21N3O5S/c1-21-16-15(17(23)20-18(21)27-5)10(7-14(22)19-16)9-6-12(25-3)13(26-4)8-11(9)24-2/h6,8,10H,7H2,1-5H3,(H,19,22). The van der Waals surface area contributed by atoms with Crippen LogP contribution in [-0.4, -0.2) is 43.0 Å². The number of thioether (sulfide) groups is 1. The molecule has 1 aliphatic rings. The van der Waals surface area contributed by atoms with Crippen molar-refractivity contribution in [2.45, 2.75) is 17.5 Å². The molecule has 0 saturated heterocycles. The molecule has 1 amide bonds. The van der Waals surface area contributed by atoms with Crippen LogP contribution >= 0.6 is 11.8 Å². The Morgan fingerprint density at radius 3 is 2.33 bits per heavy atom. The number of carbonyl (C=O) groups is 1. The number of rotatable bonds is 5. The number of carbonyl (C=O) groups excluding carboxylic acids is 1. The third kappa shape index (κ3) is 3.23. The molecule has 1 aliphatic heterocycles. The van der Waals surface area contributed by atoms with Gasteiger partial charge in [0.15, 0.2) is 16.7 Å². The fraction of sp³-hybridized carbons (Fsp3) is 0.389. The van der Waals surface area contributed by atoms with Gasteiger partial charge in [0, 0.05) is 31.0 Å². The van der Waals surface area contributed by atoms with E-state index in [0.29, 0.717) is 39.3 Å². The van der Waals surface area contributed by atoms with E-state index in [9.17, 15) is 9.59 Å². The highest BCUT2D eigenvalue weighted by atomic mass is 32.2. The van der Waals surface area contributed by atoms with Crippen LogP contribution in [0.15, 0.2) is 22.1 Å². The monoisotopic (exact) mass is 391 g/mol. The topological polar surface area (TPSA) is 91.7 Å². The quantitative estimate of drug-likeness (QED) is 0.616. The van der Waals surface area contributed by atoms with Gasteiger partial charge in [-0.25, -0.2) is 0 Å². The fourth-order valence-electron chi connectivity index (χ4n) is 3.31. The lowest BCUT2D eigenvalue weighted by Gasteiger charge is -2.28. The SMILES string of the molecule is COc1cc(OC)c(C2CC(=O)Nc3c2c(=O)nc(SC)n3C)cc1OC. The van der Waals surface area contributed by atoms with Crippen molar-refractivity contribution in [2.75, 3.05) is 32.9 Å². The molecule has 1 unspecified atom stereocenters. The number of methoxy groups -OCH3 is 3. The van der Waals surface area contributed by atoms with Crippen molar-refractivity contribution < 1.29 is 19.0 Å². The molecule has 1 aromatic heterocycles. The van der Waals surface area contributed by atoms with E-state index < -0.39 is 5.92 Å². The van der Waals surface area contributed by atoms with E-state index in [2.05, 4.69) is 10.3 Å². The van der Waals surface area contributed by atoms with Crippen LogP contribution in [0.4, 0.5) is 5.82 Å². The molecule has 9 heteroatoms. The number of benzene rings is 1. The largest absolute Gasteiger partial charge is 0.496 e. The van der Waals surface area contributed by atoms with E-state index in [-0.39, 0.29) is 17.9 Å². The average Bonchev–Trinajstić information content (AvgIpc) is 2.68. The number of hydrogen-bond donors (Lipinski definition) is 1. The highest BCUT2D eigenvalue weighted by molar-refractivity contribution is 7.98. The molecular weight excluding hydrogens is 370 g/mol. The lowest BCUT2D eigenvalue weighted by atomic mass is 9.86. The van der Waals surface area contributed by atoms with E-state index in [1.54, 1.807) is 23.7 Å². The number of anilines is 1. The van der Waals surface area contributed by atoms with Crippen molar-refractivity contribution in [1.29, 1.82) is 0 Å². The number of amides is 1. The van der Waals surface area contributed by atoms with Gasteiger partial charge in [-0.05, 0) is 12.3 Å². The van der Waals surface area contributed by atoms with Crippen LogP contribution in [0.2, 0.25) is 0 Å². The lowest BCUT2D eigenvalue weighted by molar-refractivity contribution is -0.116. The smallest absolute Gasteiger partial charge is 0.279 e. The van der Waals surface area contributed by atoms with Crippen LogP contribution in [0, 0.1) is 0 Å². The van der Waals surface area contributed by atoms with Crippen LogP contribution in [0.5, 0.6) is 17.2 Å². The summed E-state index contributed by atoms with van der Waals surface area (Å²) in [4.78, 5) is 29.3. The Balaban J connectivity index is 2.27. The zero-order chi connectivity index (χ0) is 19.7. The van der Waals surface area contributed by atoms with E-state index in [1.807, 2.05) is 6.26 Å². The molecule has 0 radical (unpaired) electrons. The number of ether oxygens (including phenoxy) is 3. The van der Waals surface area contributed by atoms with Gasteiger partial charge in [0.25, 0.3) is 5.56 Å². The van der Waals surface area contributed by atoms with Crippen molar-refractivity contribution in [3.8, 4) is 17.2 Å².